The van der Waals surface area contributed by atoms with Crippen molar-refractivity contribution in [1.82, 2.24) is 0 Å². The predicted molar refractivity (Wildman–Crippen MR) is 117 cm³/mol. The summed E-state index contributed by atoms with van der Waals surface area (Å²) in [6, 6.07) is 0. The molecule has 0 aliphatic heterocycles. The third-order valence-corrected chi connectivity index (χ3v) is 9.71. The van der Waals surface area contributed by atoms with Crippen LogP contribution in [0.3, 0.4) is 0 Å². The summed E-state index contributed by atoms with van der Waals surface area (Å²) in [6.07, 6.45) is 3.36. The quantitative estimate of drug-likeness (QED) is 0.264. The van der Waals surface area contributed by atoms with E-state index in [9.17, 15) is 4.79 Å². The van der Waals surface area contributed by atoms with E-state index in [1.165, 1.54) is 20.0 Å². The average molecular weight is 612 g/mol. The van der Waals surface area contributed by atoms with E-state index >= 15 is 0 Å². The monoisotopic (exact) mass is 608 g/mol. The highest BCUT2D eigenvalue weighted by atomic mass is 79.9. The van der Waals surface area contributed by atoms with Gasteiger partial charge in [-0.1, -0.05) is 84.5 Å². The maximum absolute atomic E-state index is 11.4. The van der Waals surface area contributed by atoms with Gasteiger partial charge in [-0.05, 0) is 48.9 Å². The minimum atomic E-state index is -0.593. The van der Waals surface area contributed by atoms with Gasteiger partial charge in [-0.15, -0.1) is 0 Å². The highest BCUT2D eigenvalue weighted by Gasteiger charge is 2.52. The molecule has 0 aromatic heterocycles. The van der Waals surface area contributed by atoms with Crippen LogP contribution in [-0.2, 0) is 9.47 Å². The van der Waals surface area contributed by atoms with Crippen molar-refractivity contribution >= 4 is 69.9 Å². The lowest BCUT2D eigenvalue weighted by Crippen LogP contribution is -2.53. The maximum Gasteiger partial charge on any atom is 0.508 e. The molecular weight excluding hydrogens is 584 g/mol. The van der Waals surface area contributed by atoms with Crippen LogP contribution >= 0.6 is 63.7 Å². The Morgan fingerprint density at radius 3 is 1.68 bits per heavy atom. The van der Waals surface area contributed by atoms with Gasteiger partial charge in [0.05, 0.1) is 7.11 Å². The number of carbonyl (C=O) groups is 1. The van der Waals surface area contributed by atoms with Crippen molar-refractivity contribution < 1.29 is 14.3 Å². The Hall–Kier alpha value is 1.19. The Labute approximate surface area is 185 Å². The van der Waals surface area contributed by atoms with Crippen LogP contribution in [0.4, 0.5) is 4.79 Å². The largest absolute Gasteiger partial charge is 0.508 e. The number of methoxy groups -OCH3 is 1. The van der Waals surface area contributed by atoms with Crippen LogP contribution in [0.15, 0.2) is 0 Å². The standard InChI is InChI=1S/C18H28Br4O3/c1-9-5-11(19)15(12(20)6-9)18(2,3)16-13(21)7-10(8-14(16)22)25-17(23)24-4/h9-16H,5-8H2,1-4H3. The van der Waals surface area contributed by atoms with E-state index in [1.807, 2.05) is 0 Å². The fourth-order valence-electron chi connectivity index (χ4n) is 4.87. The van der Waals surface area contributed by atoms with Crippen LogP contribution < -0.4 is 0 Å². The van der Waals surface area contributed by atoms with Crippen LogP contribution in [0, 0.1) is 23.2 Å². The van der Waals surface area contributed by atoms with Crippen molar-refractivity contribution in [1.29, 1.82) is 0 Å². The Morgan fingerprint density at radius 2 is 1.28 bits per heavy atom. The molecular formula is C18H28Br4O3. The summed E-state index contributed by atoms with van der Waals surface area (Å²) in [5, 5.41) is 0. The van der Waals surface area contributed by atoms with E-state index in [4.69, 9.17) is 4.74 Å². The third kappa shape index (κ3) is 5.17. The van der Waals surface area contributed by atoms with Gasteiger partial charge in [0.1, 0.15) is 6.10 Å². The van der Waals surface area contributed by atoms with E-state index in [-0.39, 0.29) is 21.2 Å². The molecule has 4 atom stereocenters. The normalized spacial score (nSPS) is 42.7. The first kappa shape index (κ1) is 22.5. The molecule has 2 rings (SSSR count). The van der Waals surface area contributed by atoms with E-state index in [2.05, 4.69) is 89.2 Å². The fourth-order valence-corrected chi connectivity index (χ4v) is 12.0. The Balaban J connectivity index is 2.14. The third-order valence-electron chi connectivity index (χ3n) is 5.94. The van der Waals surface area contributed by atoms with Crippen molar-refractivity contribution in [3.63, 3.8) is 0 Å². The molecule has 2 aliphatic carbocycles. The van der Waals surface area contributed by atoms with E-state index in [0.29, 0.717) is 21.5 Å². The van der Waals surface area contributed by atoms with Crippen LogP contribution in [0.5, 0.6) is 0 Å². The van der Waals surface area contributed by atoms with Gasteiger partial charge in [0.25, 0.3) is 0 Å². The zero-order chi connectivity index (χ0) is 18.9. The summed E-state index contributed by atoms with van der Waals surface area (Å²) >= 11 is 15.8. The van der Waals surface area contributed by atoms with Gasteiger partial charge in [-0.2, -0.15) is 0 Å². The number of alkyl halides is 4. The highest BCUT2D eigenvalue weighted by Crippen LogP contribution is 2.55. The van der Waals surface area contributed by atoms with Gasteiger partial charge >= 0.3 is 6.16 Å². The van der Waals surface area contributed by atoms with Gasteiger partial charge in [-0.25, -0.2) is 4.79 Å². The zero-order valence-electron chi connectivity index (χ0n) is 15.2. The summed E-state index contributed by atoms with van der Waals surface area (Å²) in [4.78, 5) is 13.0. The van der Waals surface area contributed by atoms with Gasteiger partial charge in [-0.3, -0.25) is 0 Å². The molecule has 146 valence electrons. The first-order chi connectivity index (χ1) is 11.6. The van der Waals surface area contributed by atoms with Crippen molar-refractivity contribution in [2.24, 2.45) is 23.2 Å². The number of halogens is 4. The summed E-state index contributed by atoms with van der Waals surface area (Å²) in [5.74, 6) is 1.74. The molecule has 0 heterocycles. The Bertz CT molecular complexity index is 449. The number of ether oxygens (including phenoxy) is 2. The Kier molecular flexibility index (Phi) is 8.21. The molecule has 4 unspecified atom stereocenters. The van der Waals surface area contributed by atoms with E-state index in [1.54, 1.807) is 0 Å². The fraction of sp³-hybridized carbons (Fsp3) is 0.944. The number of hydrogen-bond donors (Lipinski definition) is 0. The van der Waals surface area contributed by atoms with Gasteiger partial charge in [0, 0.05) is 19.3 Å². The topological polar surface area (TPSA) is 35.5 Å². The molecule has 7 heteroatoms. The van der Waals surface area contributed by atoms with Crippen LogP contribution in [0.2, 0.25) is 0 Å². The molecule has 0 radical (unpaired) electrons. The van der Waals surface area contributed by atoms with Crippen molar-refractivity contribution in [3.8, 4) is 0 Å². The SMILES string of the molecule is COC(=O)OC1CC(Br)C(C(C)(C)C2C(Br)CC(C)CC2Br)C(Br)C1. The lowest BCUT2D eigenvalue weighted by molar-refractivity contribution is -0.000381. The predicted octanol–water partition coefficient (Wildman–Crippen LogP) is 6.67. The molecule has 0 spiro atoms. The average Bonchev–Trinajstić information content (AvgIpc) is 2.44. The van der Waals surface area contributed by atoms with Gasteiger partial charge in [0.2, 0.25) is 0 Å². The molecule has 0 bridgehead atoms. The second-order valence-electron chi connectivity index (χ2n) is 8.18. The molecule has 0 saturated heterocycles. The van der Waals surface area contributed by atoms with Gasteiger partial charge in [0.15, 0.2) is 0 Å². The minimum absolute atomic E-state index is 0.112. The van der Waals surface area contributed by atoms with Crippen LogP contribution in [-0.4, -0.2) is 38.7 Å². The second-order valence-corrected chi connectivity index (χ2v) is 12.9. The first-order valence-corrected chi connectivity index (χ1v) is 12.5. The van der Waals surface area contributed by atoms with Crippen molar-refractivity contribution in [2.75, 3.05) is 7.11 Å². The summed E-state index contributed by atoms with van der Waals surface area (Å²) in [6.45, 7) is 7.12. The highest BCUT2D eigenvalue weighted by molar-refractivity contribution is 9.10. The molecule has 2 saturated carbocycles. The van der Waals surface area contributed by atoms with Gasteiger partial charge < -0.3 is 9.47 Å². The summed E-state index contributed by atoms with van der Waals surface area (Å²) < 4.78 is 10.1. The molecule has 3 nitrogen and oxygen atoms in total. The van der Waals surface area contributed by atoms with Crippen LogP contribution in [0.1, 0.15) is 46.5 Å². The zero-order valence-corrected chi connectivity index (χ0v) is 21.5. The van der Waals surface area contributed by atoms with E-state index in [0.717, 1.165) is 18.8 Å². The Morgan fingerprint density at radius 1 is 0.880 bits per heavy atom. The molecule has 0 N–H and O–H groups in total. The molecule has 2 fully saturated rings. The van der Waals surface area contributed by atoms with E-state index < -0.39 is 6.16 Å². The molecule has 0 aromatic carbocycles. The lowest BCUT2D eigenvalue weighted by Gasteiger charge is -2.53. The summed E-state index contributed by atoms with van der Waals surface area (Å²) in [7, 11) is 1.35. The minimum Gasteiger partial charge on any atom is -0.438 e. The first-order valence-electron chi connectivity index (χ1n) is 8.88. The smallest absolute Gasteiger partial charge is 0.438 e. The number of rotatable bonds is 3. The summed E-state index contributed by atoms with van der Waals surface area (Å²) in [5.41, 5.74) is 0.126. The molecule has 0 aromatic rings. The maximum atomic E-state index is 11.4. The number of carbonyl (C=O) groups excluding carboxylic acids is 1. The van der Waals surface area contributed by atoms with Crippen molar-refractivity contribution in [3.05, 3.63) is 0 Å². The van der Waals surface area contributed by atoms with Crippen LogP contribution in [0.25, 0.3) is 0 Å². The molecule has 2 aliphatic rings. The van der Waals surface area contributed by atoms with Crippen molar-refractivity contribution in [2.45, 2.75) is 71.9 Å². The molecule has 25 heavy (non-hydrogen) atoms. The lowest BCUT2D eigenvalue weighted by atomic mass is 9.59. The second kappa shape index (κ2) is 9.13. The molecule has 0 amide bonds. The number of hydrogen-bond acceptors (Lipinski definition) is 3.